The van der Waals surface area contributed by atoms with E-state index in [1.54, 1.807) is 0 Å². The largest absolute Gasteiger partial charge is 0.0561 e. The monoisotopic (exact) mass is 266 g/mol. The first-order chi connectivity index (χ1) is 6.81. The van der Waals surface area contributed by atoms with E-state index in [0.717, 1.165) is 0 Å². The zero-order chi connectivity index (χ0) is 11.3. The molecule has 0 radical (unpaired) electrons. The van der Waals surface area contributed by atoms with Gasteiger partial charge < -0.3 is 0 Å². The second kappa shape index (κ2) is 3.35. The summed E-state index contributed by atoms with van der Waals surface area (Å²) in [5.41, 5.74) is 3.63. The first-order valence-corrected chi connectivity index (χ1v) is 6.42. The van der Waals surface area contributed by atoms with Gasteiger partial charge in [0.2, 0.25) is 0 Å². The van der Waals surface area contributed by atoms with Gasteiger partial charge in [0, 0.05) is 4.47 Å². The van der Waals surface area contributed by atoms with Crippen molar-refractivity contribution in [2.45, 2.75) is 51.4 Å². The molecule has 1 aromatic rings. The average molecular weight is 267 g/mol. The Labute approximate surface area is 101 Å². The molecule has 1 aliphatic rings. The number of rotatable bonds is 1. The van der Waals surface area contributed by atoms with Crippen LogP contribution >= 0.6 is 15.9 Å². The maximum absolute atomic E-state index is 3.63. The maximum Gasteiger partial charge on any atom is 0.0181 e. The van der Waals surface area contributed by atoms with Gasteiger partial charge in [0.25, 0.3) is 0 Å². The van der Waals surface area contributed by atoms with Gasteiger partial charge in [-0.05, 0) is 46.9 Å². The van der Waals surface area contributed by atoms with Gasteiger partial charge in [-0.15, -0.1) is 0 Å². The highest BCUT2D eigenvalue weighted by molar-refractivity contribution is 9.10. The Bertz CT molecular complexity index is 357. The van der Waals surface area contributed by atoms with Gasteiger partial charge in [-0.3, -0.25) is 0 Å². The van der Waals surface area contributed by atoms with Gasteiger partial charge in [0.15, 0.2) is 0 Å². The first kappa shape index (κ1) is 11.2. The summed E-state index contributed by atoms with van der Waals surface area (Å²) >= 11 is 3.63. The van der Waals surface area contributed by atoms with Crippen LogP contribution in [0.1, 0.15) is 51.7 Å². The molecule has 1 saturated carbocycles. The predicted octanol–water partition coefficient (Wildman–Crippen LogP) is 4.80. The molecule has 0 nitrogen and oxygen atoms in total. The minimum atomic E-state index is 0.240. The third kappa shape index (κ3) is 2.28. The molecule has 1 aromatic carbocycles. The van der Waals surface area contributed by atoms with Gasteiger partial charge in [-0.2, -0.15) is 0 Å². The standard InChI is InChI=1S/C14H19Br/c1-13(2,3)10-7-11(9-12(15)8-10)14(4)5-6-14/h7-9H,5-6H2,1-4H3. The van der Waals surface area contributed by atoms with Crippen molar-refractivity contribution in [2.24, 2.45) is 0 Å². The molecule has 0 N–H and O–H groups in total. The van der Waals surface area contributed by atoms with Crippen molar-refractivity contribution >= 4 is 15.9 Å². The Balaban J connectivity index is 2.46. The summed E-state index contributed by atoms with van der Waals surface area (Å²) in [4.78, 5) is 0. The molecule has 82 valence electrons. The molecule has 0 saturated heterocycles. The first-order valence-electron chi connectivity index (χ1n) is 5.63. The number of hydrogen-bond donors (Lipinski definition) is 0. The van der Waals surface area contributed by atoms with Crippen molar-refractivity contribution in [1.29, 1.82) is 0 Å². The molecule has 0 aliphatic heterocycles. The van der Waals surface area contributed by atoms with Gasteiger partial charge >= 0.3 is 0 Å². The van der Waals surface area contributed by atoms with Gasteiger partial charge in [-0.25, -0.2) is 0 Å². The molecule has 0 heterocycles. The van der Waals surface area contributed by atoms with E-state index in [4.69, 9.17) is 0 Å². The van der Waals surface area contributed by atoms with Crippen LogP contribution in [0.4, 0.5) is 0 Å². The van der Waals surface area contributed by atoms with E-state index in [2.05, 4.69) is 61.8 Å². The average Bonchev–Trinajstić information content (AvgIpc) is 2.82. The molecule has 0 atom stereocenters. The Morgan fingerprint density at radius 2 is 1.73 bits per heavy atom. The smallest absolute Gasteiger partial charge is 0.0181 e. The zero-order valence-corrected chi connectivity index (χ0v) is 11.6. The number of benzene rings is 1. The van der Waals surface area contributed by atoms with Gasteiger partial charge in [0.1, 0.15) is 0 Å². The zero-order valence-electron chi connectivity index (χ0n) is 10.0. The predicted molar refractivity (Wildman–Crippen MR) is 69.4 cm³/mol. The molecule has 0 spiro atoms. The van der Waals surface area contributed by atoms with E-state index in [-0.39, 0.29) is 5.41 Å². The Kier molecular flexibility index (Phi) is 2.50. The van der Waals surface area contributed by atoms with Crippen LogP contribution in [-0.4, -0.2) is 0 Å². The lowest BCUT2D eigenvalue weighted by molar-refractivity contribution is 0.587. The summed E-state index contributed by atoms with van der Waals surface area (Å²) in [6, 6.07) is 6.91. The van der Waals surface area contributed by atoms with Crippen LogP contribution in [0.3, 0.4) is 0 Å². The van der Waals surface area contributed by atoms with Crippen molar-refractivity contribution in [1.82, 2.24) is 0 Å². The van der Waals surface area contributed by atoms with Crippen LogP contribution in [0.2, 0.25) is 0 Å². The SMILES string of the molecule is CC(C)(C)c1cc(Br)cc(C2(C)CC2)c1. The molecule has 1 fully saturated rings. The fraction of sp³-hybridized carbons (Fsp3) is 0.571. The Morgan fingerprint density at radius 3 is 2.20 bits per heavy atom. The summed E-state index contributed by atoms with van der Waals surface area (Å²) in [5, 5.41) is 0. The van der Waals surface area contributed by atoms with Crippen molar-refractivity contribution in [3.8, 4) is 0 Å². The molecular formula is C14H19Br. The highest BCUT2D eigenvalue weighted by Crippen LogP contribution is 2.48. The normalized spacial score (nSPS) is 19.0. The number of hydrogen-bond acceptors (Lipinski definition) is 0. The van der Waals surface area contributed by atoms with Crippen LogP contribution in [-0.2, 0) is 10.8 Å². The third-order valence-electron chi connectivity index (χ3n) is 3.46. The molecule has 0 bridgehead atoms. The van der Waals surface area contributed by atoms with E-state index in [0.29, 0.717) is 5.41 Å². The van der Waals surface area contributed by atoms with E-state index >= 15 is 0 Å². The topological polar surface area (TPSA) is 0 Å². The van der Waals surface area contributed by atoms with Crippen molar-refractivity contribution in [3.63, 3.8) is 0 Å². The fourth-order valence-corrected chi connectivity index (χ4v) is 2.34. The van der Waals surface area contributed by atoms with Crippen molar-refractivity contribution < 1.29 is 0 Å². The lowest BCUT2D eigenvalue weighted by atomic mass is 9.84. The molecular weight excluding hydrogens is 248 g/mol. The summed E-state index contributed by atoms with van der Waals surface area (Å²) in [7, 11) is 0. The molecule has 15 heavy (non-hydrogen) atoms. The molecule has 1 aliphatic carbocycles. The molecule has 0 amide bonds. The summed E-state index contributed by atoms with van der Waals surface area (Å²) in [6.45, 7) is 9.18. The third-order valence-corrected chi connectivity index (χ3v) is 3.92. The van der Waals surface area contributed by atoms with Crippen LogP contribution in [0.15, 0.2) is 22.7 Å². The van der Waals surface area contributed by atoms with Gasteiger partial charge in [0.05, 0.1) is 0 Å². The van der Waals surface area contributed by atoms with E-state index in [1.807, 2.05) is 0 Å². The number of halogens is 1. The van der Waals surface area contributed by atoms with E-state index in [9.17, 15) is 0 Å². The lowest BCUT2D eigenvalue weighted by Crippen LogP contribution is -2.13. The van der Waals surface area contributed by atoms with Crippen LogP contribution in [0, 0.1) is 0 Å². The Morgan fingerprint density at radius 1 is 1.13 bits per heavy atom. The van der Waals surface area contributed by atoms with Crippen molar-refractivity contribution in [2.75, 3.05) is 0 Å². The van der Waals surface area contributed by atoms with Crippen molar-refractivity contribution in [3.05, 3.63) is 33.8 Å². The highest BCUT2D eigenvalue weighted by Gasteiger charge is 2.39. The summed E-state index contributed by atoms with van der Waals surface area (Å²) in [6.07, 6.45) is 2.68. The minimum Gasteiger partial charge on any atom is -0.0561 e. The Hall–Kier alpha value is -0.300. The lowest BCUT2D eigenvalue weighted by Gasteiger charge is -2.22. The summed E-state index contributed by atoms with van der Waals surface area (Å²) < 4.78 is 1.22. The van der Waals surface area contributed by atoms with Crippen LogP contribution in [0.5, 0.6) is 0 Å². The second-order valence-corrected chi connectivity index (χ2v) is 6.95. The quantitative estimate of drug-likeness (QED) is 0.685. The van der Waals surface area contributed by atoms with Crippen LogP contribution in [0.25, 0.3) is 0 Å². The van der Waals surface area contributed by atoms with Crippen LogP contribution < -0.4 is 0 Å². The molecule has 1 heteroatoms. The van der Waals surface area contributed by atoms with E-state index in [1.165, 1.54) is 28.4 Å². The van der Waals surface area contributed by atoms with Gasteiger partial charge in [-0.1, -0.05) is 49.7 Å². The maximum atomic E-state index is 3.63. The minimum absolute atomic E-state index is 0.240. The molecule has 2 rings (SSSR count). The fourth-order valence-electron chi connectivity index (χ4n) is 1.85. The molecule has 0 unspecified atom stereocenters. The molecule has 0 aromatic heterocycles. The summed E-state index contributed by atoms with van der Waals surface area (Å²) in [5.74, 6) is 0. The van der Waals surface area contributed by atoms with E-state index < -0.39 is 0 Å². The highest BCUT2D eigenvalue weighted by atomic mass is 79.9. The second-order valence-electron chi connectivity index (χ2n) is 6.04.